The standard InChI is InChI=1S/C27H26O4/c1-18(2)25(28)30-23-13-9-19(10-14-23)21-7-6-8-22(17-21)20-11-15-24(16-12-20)31-26(29)27(3,4)5/h6-17H,1H2,2-5H3. The zero-order chi connectivity index (χ0) is 22.6. The van der Waals surface area contributed by atoms with Crippen LogP contribution in [0, 0.1) is 5.41 Å². The highest BCUT2D eigenvalue weighted by molar-refractivity contribution is 5.88. The molecule has 0 radical (unpaired) electrons. The van der Waals surface area contributed by atoms with Gasteiger partial charge in [-0.3, -0.25) is 4.79 Å². The highest BCUT2D eigenvalue weighted by Crippen LogP contribution is 2.29. The van der Waals surface area contributed by atoms with Gasteiger partial charge in [0.15, 0.2) is 0 Å². The van der Waals surface area contributed by atoms with Crippen molar-refractivity contribution >= 4 is 11.9 Å². The van der Waals surface area contributed by atoms with Gasteiger partial charge in [-0.2, -0.15) is 0 Å². The molecule has 0 bridgehead atoms. The SMILES string of the molecule is C=C(C)C(=O)Oc1ccc(-c2cccc(-c3ccc(OC(=O)C(C)(C)C)cc3)c2)cc1. The van der Waals surface area contributed by atoms with Gasteiger partial charge in [-0.15, -0.1) is 0 Å². The molecule has 0 amide bonds. The van der Waals surface area contributed by atoms with Crippen molar-refractivity contribution in [1.82, 2.24) is 0 Å². The molecular weight excluding hydrogens is 388 g/mol. The van der Waals surface area contributed by atoms with Gasteiger partial charge in [-0.25, -0.2) is 4.79 Å². The normalized spacial score (nSPS) is 11.0. The Labute approximate surface area is 183 Å². The second-order valence-electron chi connectivity index (χ2n) is 8.44. The molecule has 0 fully saturated rings. The highest BCUT2D eigenvalue weighted by atomic mass is 16.5. The predicted octanol–water partition coefficient (Wildman–Crippen LogP) is 6.45. The number of benzene rings is 3. The topological polar surface area (TPSA) is 52.6 Å². The molecule has 0 aliphatic heterocycles. The summed E-state index contributed by atoms with van der Waals surface area (Å²) in [5.41, 5.74) is 3.92. The van der Waals surface area contributed by atoms with Gasteiger partial charge >= 0.3 is 11.9 Å². The van der Waals surface area contributed by atoms with E-state index in [1.54, 1.807) is 31.2 Å². The summed E-state index contributed by atoms with van der Waals surface area (Å²) in [4.78, 5) is 23.7. The molecule has 0 saturated heterocycles. The van der Waals surface area contributed by atoms with Crippen molar-refractivity contribution in [3.8, 4) is 33.8 Å². The van der Waals surface area contributed by atoms with Crippen LogP contribution in [-0.2, 0) is 9.59 Å². The molecule has 0 aliphatic carbocycles. The van der Waals surface area contributed by atoms with E-state index in [9.17, 15) is 9.59 Å². The van der Waals surface area contributed by atoms with Crippen molar-refractivity contribution in [3.63, 3.8) is 0 Å². The van der Waals surface area contributed by atoms with Crippen molar-refractivity contribution in [3.05, 3.63) is 84.9 Å². The summed E-state index contributed by atoms with van der Waals surface area (Å²) in [6.45, 7) is 10.7. The fraction of sp³-hybridized carbons (Fsp3) is 0.185. The summed E-state index contributed by atoms with van der Waals surface area (Å²) >= 11 is 0. The van der Waals surface area contributed by atoms with E-state index in [2.05, 4.69) is 12.6 Å². The van der Waals surface area contributed by atoms with Gasteiger partial charge in [0.25, 0.3) is 0 Å². The lowest BCUT2D eigenvalue weighted by atomic mass is 9.97. The molecule has 4 heteroatoms. The number of esters is 2. The molecule has 0 unspecified atom stereocenters. The van der Waals surface area contributed by atoms with Gasteiger partial charge in [0.2, 0.25) is 0 Å². The van der Waals surface area contributed by atoms with E-state index in [1.165, 1.54) is 0 Å². The minimum atomic E-state index is -0.550. The lowest BCUT2D eigenvalue weighted by Gasteiger charge is -2.16. The van der Waals surface area contributed by atoms with Crippen LogP contribution in [0.3, 0.4) is 0 Å². The summed E-state index contributed by atoms with van der Waals surface area (Å²) in [5, 5.41) is 0. The second-order valence-corrected chi connectivity index (χ2v) is 8.44. The van der Waals surface area contributed by atoms with Gasteiger partial charge in [-0.05, 0) is 80.3 Å². The molecule has 0 atom stereocenters. The molecule has 31 heavy (non-hydrogen) atoms. The molecule has 3 aromatic carbocycles. The first-order valence-electron chi connectivity index (χ1n) is 10.0. The molecule has 0 N–H and O–H groups in total. The third kappa shape index (κ3) is 5.70. The number of hydrogen-bond donors (Lipinski definition) is 0. The highest BCUT2D eigenvalue weighted by Gasteiger charge is 2.23. The van der Waals surface area contributed by atoms with Gasteiger partial charge in [0, 0.05) is 5.57 Å². The van der Waals surface area contributed by atoms with Crippen LogP contribution in [0.1, 0.15) is 27.7 Å². The Bertz CT molecular complexity index is 1100. The van der Waals surface area contributed by atoms with Crippen LogP contribution in [0.5, 0.6) is 11.5 Å². The maximum absolute atomic E-state index is 12.1. The average Bonchev–Trinajstić information content (AvgIpc) is 2.74. The Morgan fingerprint density at radius 3 is 1.58 bits per heavy atom. The molecule has 3 rings (SSSR count). The van der Waals surface area contributed by atoms with E-state index in [0.29, 0.717) is 17.1 Å². The van der Waals surface area contributed by atoms with E-state index >= 15 is 0 Å². The molecule has 158 valence electrons. The first-order chi connectivity index (χ1) is 14.6. The van der Waals surface area contributed by atoms with Crippen LogP contribution in [-0.4, -0.2) is 11.9 Å². The Morgan fingerprint density at radius 1 is 0.710 bits per heavy atom. The first-order valence-corrected chi connectivity index (χ1v) is 10.0. The number of carbonyl (C=O) groups excluding carboxylic acids is 2. The third-order valence-corrected chi connectivity index (χ3v) is 4.62. The van der Waals surface area contributed by atoms with Crippen LogP contribution in [0.15, 0.2) is 84.9 Å². The number of hydrogen-bond acceptors (Lipinski definition) is 4. The van der Waals surface area contributed by atoms with Crippen molar-refractivity contribution in [1.29, 1.82) is 0 Å². The summed E-state index contributed by atoms with van der Waals surface area (Å²) in [5.74, 6) is 0.305. The average molecular weight is 415 g/mol. The maximum Gasteiger partial charge on any atom is 0.338 e. The lowest BCUT2D eigenvalue weighted by molar-refractivity contribution is -0.143. The zero-order valence-corrected chi connectivity index (χ0v) is 18.3. The quantitative estimate of drug-likeness (QED) is 0.273. The molecule has 0 spiro atoms. The fourth-order valence-corrected chi connectivity index (χ4v) is 2.76. The lowest BCUT2D eigenvalue weighted by Crippen LogP contribution is -2.25. The largest absolute Gasteiger partial charge is 0.426 e. The maximum atomic E-state index is 12.1. The summed E-state index contributed by atoms with van der Waals surface area (Å²) in [7, 11) is 0. The molecule has 0 aromatic heterocycles. The van der Waals surface area contributed by atoms with Crippen molar-refractivity contribution in [2.24, 2.45) is 5.41 Å². The first kappa shape index (κ1) is 22.0. The fourth-order valence-electron chi connectivity index (χ4n) is 2.76. The molecule has 3 aromatic rings. The molecule has 0 aliphatic rings. The van der Waals surface area contributed by atoms with Gasteiger partial charge in [0.1, 0.15) is 11.5 Å². The van der Waals surface area contributed by atoms with Gasteiger partial charge in [0.05, 0.1) is 5.41 Å². The Morgan fingerprint density at radius 2 is 1.16 bits per heavy atom. The number of carbonyl (C=O) groups is 2. The molecular formula is C27H26O4. The summed E-state index contributed by atoms with van der Waals surface area (Å²) in [6, 6.07) is 23.0. The van der Waals surface area contributed by atoms with Crippen LogP contribution >= 0.6 is 0 Å². The minimum Gasteiger partial charge on any atom is -0.426 e. The number of rotatable bonds is 5. The van der Waals surface area contributed by atoms with E-state index in [0.717, 1.165) is 22.3 Å². The van der Waals surface area contributed by atoms with Crippen LogP contribution in [0.25, 0.3) is 22.3 Å². The van der Waals surface area contributed by atoms with Crippen LogP contribution in [0.4, 0.5) is 0 Å². The second kappa shape index (κ2) is 9.00. The van der Waals surface area contributed by atoms with E-state index in [1.807, 2.05) is 63.2 Å². The summed E-state index contributed by atoms with van der Waals surface area (Å²) < 4.78 is 10.7. The monoisotopic (exact) mass is 414 g/mol. The van der Waals surface area contributed by atoms with Crippen molar-refractivity contribution < 1.29 is 19.1 Å². The smallest absolute Gasteiger partial charge is 0.338 e. The Balaban J connectivity index is 1.76. The molecule has 4 nitrogen and oxygen atoms in total. The van der Waals surface area contributed by atoms with E-state index in [-0.39, 0.29) is 5.97 Å². The minimum absolute atomic E-state index is 0.264. The van der Waals surface area contributed by atoms with Gasteiger partial charge in [-0.1, -0.05) is 49.0 Å². The molecule has 0 saturated carbocycles. The van der Waals surface area contributed by atoms with E-state index < -0.39 is 11.4 Å². The van der Waals surface area contributed by atoms with Crippen LogP contribution in [0.2, 0.25) is 0 Å². The summed E-state index contributed by atoms with van der Waals surface area (Å²) in [6.07, 6.45) is 0. The van der Waals surface area contributed by atoms with E-state index in [4.69, 9.17) is 9.47 Å². The number of ether oxygens (including phenoxy) is 2. The van der Waals surface area contributed by atoms with Crippen molar-refractivity contribution in [2.45, 2.75) is 27.7 Å². The molecule has 0 heterocycles. The Kier molecular flexibility index (Phi) is 6.40. The third-order valence-electron chi connectivity index (χ3n) is 4.62. The van der Waals surface area contributed by atoms with Crippen molar-refractivity contribution in [2.75, 3.05) is 0 Å². The van der Waals surface area contributed by atoms with Crippen LogP contribution < -0.4 is 9.47 Å². The zero-order valence-electron chi connectivity index (χ0n) is 18.3. The van der Waals surface area contributed by atoms with Gasteiger partial charge < -0.3 is 9.47 Å². The Hall–Kier alpha value is -3.66. The predicted molar refractivity (Wildman–Crippen MR) is 123 cm³/mol.